The molecule has 0 aliphatic rings. The van der Waals surface area contributed by atoms with Crippen LogP contribution in [0.15, 0.2) is 12.3 Å². The predicted molar refractivity (Wildman–Crippen MR) is 152 cm³/mol. The monoisotopic (exact) mass is 345 g/mol. The first kappa shape index (κ1) is 28.8. The lowest BCUT2D eigenvalue weighted by atomic mass is 8.38. The number of hydrogen-bond acceptors (Lipinski definition) is 3. The highest BCUT2D eigenvalue weighted by Gasteiger charge is 2.45. The van der Waals surface area contributed by atoms with Crippen LogP contribution in [0.1, 0.15) is 0 Å². The second-order valence-electron chi connectivity index (χ2n) is 6.52. The molecule has 0 aromatic carbocycles. The minimum atomic E-state index is -0.879. The Labute approximate surface area is 194 Å². The fourth-order valence-electron chi connectivity index (χ4n) is 3.17. The average molecular weight is 341 g/mol. The summed E-state index contributed by atoms with van der Waals surface area (Å²) in [5, 5.41) is 4.07. The van der Waals surface area contributed by atoms with Gasteiger partial charge in [-0.15, -0.1) is 0 Å². The third-order valence-corrected chi connectivity index (χ3v) is 5.23. The Balaban J connectivity index is 0.000000861. The van der Waals surface area contributed by atoms with E-state index in [2.05, 4.69) is 9.69 Å². The Morgan fingerprint density at radius 1 is 0.786 bits per heavy atom. The average Bonchev–Trinajstić information content (AvgIpc) is 3.07. The van der Waals surface area contributed by atoms with Gasteiger partial charge < -0.3 is 5.32 Å². The molecule has 101 valence electrons. The molecule has 0 saturated heterocycles. The van der Waals surface area contributed by atoms with Gasteiger partial charge in [0.05, 0.1) is 0 Å². The Morgan fingerprint density at radius 2 is 1.21 bits per heavy atom. The highest BCUT2D eigenvalue weighted by Crippen LogP contribution is 2.08. The first-order chi connectivity index (χ1) is 13.0. The first-order valence-corrected chi connectivity index (χ1v) is 9.46. The molecule has 0 aliphatic heterocycles. The molecule has 0 bridgehead atoms. The molecular formula is C4H6B21N2S. The molecule has 0 aliphatic carbocycles. The molecule has 28 heavy (non-hydrogen) atoms. The molecule has 0 unspecified atom stereocenters. The minimum Gasteiger partial charge on any atom is -0.379 e. The van der Waals surface area contributed by atoms with Crippen molar-refractivity contribution < 1.29 is 0 Å². The van der Waals surface area contributed by atoms with E-state index in [1.165, 1.54) is 18.6 Å². The van der Waals surface area contributed by atoms with Gasteiger partial charge in [0.15, 0.2) is 0 Å². The second kappa shape index (κ2) is 14.7. The van der Waals surface area contributed by atoms with E-state index >= 15 is 0 Å². The second-order valence-corrected chi connectivity index (χ2v) is 7.35. The SMILES string of the molecule is CNc1ccns1.[B][B]B(B([B])[B])B(B(B([B])[B])B([B])[B])B(B([B])[B])B([B])[B]. The van der Waals surface area contributed by atoms with Gasteiger partial charge in [-0.05, 0) is 17.6 Å². The van der Waals surface area contributed by atoms with Crippen molar-refractivity contribution in [3.8, 4) is 0 Å². The molecule has 0 atom stereocenters. The number of nitrogens with one attached hydrogen (secondary N) is 1. The van der Waals surface area contributed by atoms with Crippen molar-refractivity contribution >= 4 is 166 Å². The molecule has 1 rings (SSSR count). The molecule has 0 fully saturated rings. The summed E-state index contributed by atoms with van der Waals surface area (Å²) >= 11 is 1.46. The zero-order valence-electron chi connectivity index (χ0n) is 16.1. The maximum absolute atomic E-state index is 5.79. The topological polar surface area (TPSA) is 24.9 Å². The Kier molecular flexibility index (Phi) is 15.2. The van der Waals surface area contributed by atoms with Crippen LogP contribution in [0, 0.1) is 0 Å². The van der Waals surface area contributed by atoms with Gasteiger partial charge in [0.2, 0.25) is 0 Å². The van der Waals surface area contributed by atoms with E-state index in [1.807, 2.05) is 13.1 Å². The largest absolute Gasteiger partial charge is 0.379 e. The van der Waals surface area contributed by atoms with Gasteiger partial charge in [-0.3, -0.25) is 0 Å². The van der Waals surface area contributed by atoms with Crippen LogP contribution >= 0.6 is 11.5 Å². The molecule has 2 nitrogen and oxygen atoms in total. The van der Waals surface area contributed by atoms with Gasteiger partial charge in [0.1, 0.15) is 5.00 Å². The van der Waals surface area contributed by atoms with Crippen molar-refractivity contribution in [3.63, 3.8) is 0 Å². The summed E-state index contributed by atoms with van der Waals surface area (Å²) in [6, 6.07) is 1.94. The van der Waals surface area contributed by atoms with E-state index in [1.54, 1.807) is 6.20 Å². The van der Waals surface area contributed by atoms with Crippen LogP contribution in [0.5, 0.6) is 0 Å². The smallest absolute Gasteiger partial charge is 0.109 e. The van der Waals surface area contributed by atoms with E-state index in [0.717, 1.165) is 5.00 Å². The van der Waals surface area contributed by atoms with Gasteiger partial charge in [-0.25, -0.2) is 0 Å². The zero-order chi connectivity index (χ0) is 22.0. The van der Waals surface area contributed by atoms with Crippen LogP contribution < -0.4 is 5.32 Å². The van der Waals surface area contributed by atoms with Crippen molar-refractivity contribution in [1.29, 1.82) is 0 Å². The summed E-state index contributed by atoms with van der Waals surface area (Å²) in [4.78, 5) is 0. The highest BCUT2D eigenvalue weighted by atomic mass is 32.1. The van der Waals surface area contributed by atoms with Gasteiger partial charge in [0.25, 0.3) is 0 Å². The number of nitrogens with zero attached hydrogens (tertiary/aromatic N) is 1. The molecule has 0 amide bonds. The van der Waals surface area contributed by atoms with Crippen molar-refractivity contribution in [1.82, 2.24) is 4.37 Å². The first-order valence-electron chi connectivity index (χ1n) is 8.68. The molecule has 1 N–H and O–H groups in total. The summed E-state index contributed by atoms with van der Waals surface area (Å²) in [6.07, 6.45) is -5.00. The van der Waals surface area contributed by atoms with Crippen molar-refractivity contribution in [2.75, 3.05) is 12.4 Å². The van der Waals surface area contributed by atoms with Gasteiger partial charge in [0, 0.05) is 163 Å². The van der Waals surface area contributed by atoms with Crippen molar-refractivity contribution in [3.05, 3.63) is 12.3 Å². The summed E-state index contributed by atoms with van der Waals surface area (Å²) < 4.78 is 3.87. The Hall–Kier alpha value is 0.794. The maximum atomic E-state index is 5.79. The molecule has 0 spiro atoms. The van der Waals surface area contributed by atoms with E-state index in [-0.39, 0.29) is 0 Å². The lowest BCUT2D eigenvalue weighted by molar-refractivity contribution is 1.57. The number of rotatable bonds is 10. The minimum absolute atomic E-state index is 0.574. The van der Waals surface area contributed by atoms with Crippen LogP contribution in [0.4, 0.5) is 5.00 Å². The van der Waals surface area contributed by atoms with E-state index < -0.39 is 57.5 Å². The van der Waals surface area contributed by atoms with Crippen molar-refractivity contribution in [2.24, 2.45) is 0 Å². The fraction of sp³-hybridized carbons (Fsp3) is 0.250. The molecule has 1 aromatic rings. The molecule has 24 heteroatoms. The Bertz CT molecular complexity index is 457. The third kappa shape index (κ3) is 9.29. The lowest BCUT2D eigenvalue weighted by Crippen LogP contribution is -2.81. The zero-order valence-corrected chi connectivity index (χ0v) is 17.0. The van der Waals surface area contributed by atoms with Gasteiger partial charge in [-0.1, -0.05) is 0 Å². The van der Waals surface area contributed by atoms with Gasteiger partial charge in [-0.2, -0.15) is 4.37 Å². The summed E-state index contributed by atoms with van der Waals surface area (Å²) in [5.41, 5.74) is 0. The maximum Gasteiger partial charge on any atom is 0.109 e. The molecular weight excluding hydrogens is 335 g/mol. The molecule has 1 heterocycles. The van der Waals surface area contributed by atoms with Crippen LogP contribution in [0.2, 0.25) is 0 Å². The lowest BCUT2D eigenvalue weighted by Gasteiger charge is -2.43. The summed E-state index contributed by atoms with van der Waals surface area (Å²) in [7, 11) is 66.7. The third-order valence-electron chi connectivity index (χ3n) is 4.46. The fourth-order valence-corrected chi connectivity index (χ4v) is 3.62. The van der Waals surface area contributed by atoms with Crippen LogP contribution in [-0.2, 0) is 0 Å². The normalized spacial score (nSPS) is 9.04. The quantitative estimate of drug-likeness (QED) is 0.428. The van der Waals surface area contributed by atoms with Gasteiger partial charge >= 0.3 is 0 Å². The standard InChI is InChI=1S/C4H6N2S.B21/c1-5-4-2-3-6-7-4;1-12-18(13(2)3)21(19(14(4)5)15(6)7)20(16(8)9)17(10)11/h2-3,5H,1H3;. The number of aromatic nitrogens is 1. The van der Waals surface area contributed by atoms with E-state index in [4.69, 9.17) is 85.1 Å². The van der Waals surface area contributed by atoms with Crippen LogP contribution in [0.25, 0.3) is 0 Å². The van der Waals surface area contributed by atoms with E-state index in [0.29, 0.717) is 0 Å². The number of hydrogen-bond donors (Lipinski definition) is 1. The van der Waals surface area contributed by atoms with Crippen molar-refractivity contribution in [2.45, 2.75) is 0 Å². The predicted octanol–water partition coefficient (Wildman–Crippen LogP) is -6.81. The molecule has 0 saturated carbocycles. The Morgan fingerprint density at radius 3 is 1.39 bits per heavy atom. The highest BCUT2D eigenvalue weighted by molar-refractivity contribution is 8.20. The molecule has 23 radical (unpaired) electrons. The summed E-state index contributed by atoms with van der Waals surface area (Å²) in [5.74, 6) is 0. The summed E-state index contributed by atoms with van der Waals surface area (Å²) in [6.45, 7) is 0. The van der Waals surface area contributed by atoms with Crippen LogP contribution in [0.3, 0.4) is 0 Å². The number of anilines is 1. The molecule has 1 aromatic heterocycles. The van der Waals surface area contributed by atoms with E-state index in [9.17, 15) is 0 Å². The van der Waals surface area contributed by atoms with Crippen LogP contribution in [-0.4, -0.2) is 161 Å².